The Morgan fingerprint density at radius 2 is 2.14 bits per heavy atom. The van der Waals surface area contributed by atoms with Gasteiger partial charge in [0.2, 0.25) is 0 Å². The van der Waals surface area contributed by atoms with Crippen LogP contribution in [0.4, 0.5) is 0 Å². The molecule has 2 aliphatic rings. The normalized spacial score (nSPS) is 29.1. The first-order valence-corrected chi connectivity index (χ1v) is 9.44. The maximum absolute atomic E-state index is 6.07. The van der Waals surface area contributed by atoms with Crippen LogP contribution in [0.3, 0.4) is 0 Å². The second kappa shape index (κ2) is 8.68. The summed E-state index contributed by atoms with van der Waals surface area (Å²) in [6.07, 6.45) is 4.03. The van der Waals surface area contributed by atoms with E-state index in [-0.39, 0.29) is 12.4 Å². The van der Waals surface area contributed by atoms with E-state index in [9.17, 15) is 0 Å². The number of benzene rings is 1. The molecule has 3 atom stereocenters. The molecule has 0 bridgehead atoms. The first kappa shape index (κ1) is 17.5. The van der Waals surface area contributed by atoms with Crippen LogP contribution in [-0.2, 0) is 4.74 Å². The molecule has 0 spiro atoms. The average Bonchev–Trinajstić information content (AvgIpc) is 2.96. The van der Waals surface area contributed by atoms with Crippen LogP contribution in [0.15, 0.2) is 29.2 Å². The molecule has 0 saturated carbocycles. The molecular formula is C16H24ClNOS2. The third-order valence-corrected chi connectivity index (χ3v) is 6.52. The summed E-state index contributed by atoms with van der Waals surface area (Å²) in [7, 11) is 0. The second-order valence-corrected chi connectivity index (χ2v) is 8.19. The van der Waals surface area contributed by atoms with Gasteiger partial charge >= 0.3 is 0 Å². The Kier molecular flexibility index (Phi) is 7.23. The van der Waals surface area contributed by atoms with Crippen molar-refractivity contribution in [2.24, 2.45) is 0 Å². The minimum absolute atomic E-state index is 0. The van der Waals surface area contributed by atoms with Crippen LogP contribution in [0.25, 0.3) is 0 Å². The molecule has 21 heavy (non-hydrogen) atoms. The summed E-state index contributed by atoms with van der Waals surface area (Å²) in [5.74, 6) is 1.24. The zero-order valence-electron chi connectivity index (χ0n) is 12.4. The monoisotopic (exact) mass is 345 g/mol. The van der Waals surface area contributed by atoms with Crippen molar-refractivity contribution in [1.29, 1.82) is 0 Å². The maximum atomic E-state index is 6.07. The topological polar surface area (TPSA) is 21.3 Å². The van der Waals surface area contributed by atoms with E-state index in [1.807, 2.05) is 23.5 Å². The number of aryl methyl sites for hydroxylation is 1. The molecule has 1 aromatic rings. The minimum Gasteiger partial charge on any atom is -0.377 e. The third-order valence-electron chi connectivity index (χ3n) is 3.93. The van der Waals surface area contributed by atoms with Gasteiger partial charge in [-0.25, -0.2) is 0 Å². The molecule has 0 amide bonds. The lowest BCUT2D eigenvalue weighted by Crippen LogP contribution is -2.36. The summed E-state index contributed by atoms with van der Waals surface area (Å²) < 4.78 is 6.07. The Morgan fingerprint density at radius 3 is 2.86 bits per heavy atom. The highest BCUT2D eigenvalue weighted by Crippen LogP contribution is 2.35. The first-order valence-electron chi connectivity index (χ1n) is 7.51. The van der Waals surface area contributed by atoms with Crippen molar-refractivity contribution in [2.75, 3.05) is 18.9 Å². The number of nitrogens with one attached hydrogen (secondary N) is 1. The highest BCUT2D eigenvalue weighted by atomic mass is 35.5. The van der Waals surface area contributed by atoms with Crippen molar-refractivity contribution in [1.82, 2.24) is 5.32 Å². The number of ether oxygens (including phenoxy) is 1. The third kappa shape index (κ3) is 5.07. The molecule has 0 aliphatic carbocycles. The van der Waals surface area contributed by atoms with Gasteiger partial charge in [-0.05, 0) is 38.3 Å². The predicted molar refractivity (Wildman–Crippen MR) is 95.9 cm³/mol. The number of thioether (sulfide) groups is 2. The van der Waals surface area contributed by atoms with E-state index in [4.69, 9.17) is 4.74 Å². The van der Waals surface area contributed by atoms with Gasteiger partial charge < -0.3 is 10.1 Å². The highest BCUT2D eigenvalue weighted by Gasteiger charge is 2.30. The van der Waals surface area contributed by atoms with E-state index in [1.54, 1.807) is 0 Å². The van der Waals surface area contributed by atoms with Crippen LogP contribution >= 0.6 is 35.9 Å². The smallest absolute Gasteiger partial charge is 0.0720 e. The molecule has 2 fully saturated rings. The van der Waals surface area contributed by atoms with Crippen molar-refractivity contribution in [3.05, 3.63) is 29.8 Å². The molecule has 0 aromatic heterocycles. The Hall–Kier alpha value is 0.130. The standard InChI is InChI=1S/C16H23NOS2.ClH/c1-12-4-6-13(7-5-12)20-15-3-2-9-18-14(15)11-16-17-8-10-19-16;/h4-7,14-17H,2-3,8-11H2,1H3;1H. The van der Waals surface area contributed by atoms with Gasteiger partial charge in [-0.15, -0.1) is 35.9 Å². The van der Waals surface area contributed by atoms with Gasteiger partial charge in [0, 0.05) is 29.0 Å². The number of rotatable bonds is 4. The van der Waals surface area contributed by atoms with Crippen molar-refractivity contribution in [3.8, 4) is 0 Å². The van der Waals surface area contributed by atoms with Crippen LogP contribution in [0, 0.1) is 6.92 Å². The lowest BCUT2D eigenvalue weighted by atomic mass is 10.1. The molecule has 5 heteroatoms. The number of hydrogen-bond acceptors (Lipinski definition) is 4. The van der Waals surface area contributed by atoms with Gasteiger partial charge in [-0.3, -0.25) is 0 Å². The molecule has 2 aliphatic heterocycles. The van der Waals surface area contributed by atoms with Gasteiger partial charge in [0.15, 0.2) is 0 Å². The van der Waals surface area contributed by atoms with Gasteiger partial charge in [0.1, 0.15) is 0 Å². The van der Waals surface area contributed by atoms with E-state index in [1.165, 1.54) is 29.1 Å². The fraction of sp³-hybridized carbons (Fsp3) is 0.625. The fourth-order valence-electron chi connectivity index (χ4n) is 2.80. The van der Waals surface area contributed by atoms with Gasteiger partial charge in [-0.1, -0.05) is 17.7 Å². The van der Waals surface area contributed by atoms with E-state index in [2.05, 4.69) is 36.5 Å². The van der Waals surface area contributed by atoms with E-state index in [0.717, 1.165) is 19.6 Å². The Balaban J connectivity index is 0.00000161. The maximum Gasteiger partial charge on any atom is 0.0720 e. The van der Waals surface area contributed by atoms with E-state index >= 15 is 0 Å². The van der Waals surface area contributed by atoms with Crippen molar-refractivity contribution in [3.63, 3.8) is 0 Å². The molecule has 1 N–H and O–H groups in total. The van der Waals surface area contributed by atoms with Crippen LogP contribution in [0.2, 0.25) is 0 Å². The van der Waals surface area contributed by atoms with Gasteiger partial charge in [-0.2, -0.15) is 0 Å². The predicted octanol–water partition coefficient (Wildman–Crippen LogP) is 4.11. The van der Waals surface area contributed by atoms with Crippen LogP contribution in [0.1, 0.15) is 24.8 Å². The molecule has 2 heterocycles. The van der Waals surface area contributed by atoms with Crippen molar-refractivity contribution >= 4 is 35.9 Å². The summed E-state index contributed by atoms with van der Waals surface area (Å²) in [4.78, 5) is 1.38. The van der Waals surface area contributed by atoms with Crippen molar-refractivity contribution < 1.29 is 4.74 Å². The quantitative estimate of drug-likeness (QED) is 0.886. The van der Waals surface area contributed by atoms with Crippen LogP contribution in [0.5, 0.6) is 0 Å². The molecule has 2 saturated heterocycles. The molecular weight excluding hydrogens is 322 g/mol. The van der Waals surface area contributed by atoms with Crippen LogP contribution < -0.4 is 5.32 Å². The summed E-state index contributed by atoms with van der Waals surface area (Å²) in [5.41, 5.74) is 1.33. The van der Waals surface area contributed by atoms with Gasteiger partial charge in [0.05, 0.1) is 11.5 Å². The number of halogens is 1. The fourth-order valence-corrected chi connectivity index (χ4v) is 5.15. The summed E-state index contributed by atoms with van der Waals surface area (Å²) >= 11 is 4.05. The average molecular weight is 346 g/mol. The molecule has 0 radical (unpaired) electrons. The zero-order chi connectivity index (χ0) is 13.8. The molecule has 1 aromatic carbocycles. The second-order valence-electron chi connectivity index (χ2n) is 5.57. The van der Waals surface area contributed by atoms with Crippen LogP contribution in [-0.4, -0.2) is 35.6 Å². The Bertz CT molecular complexity index is 423. The largest absolute Gasteiger partial charge is 0.377 e. The Labute approximate surface area is 142 Å². The Morgan fingerprint density at radius 1 is 1.33 bits per heavy atom. The first-order chi connectivity index (χ1) is 9.81. The molecule has 2 nitrogen and oxygen atoms in total. The number of hydrogen-bond donors (Lipinski definition) is 1. The zero-order valence-corrected chi connectivity index (χ0v) is 14.9. The molecule has 3 unspecified atom stereocenters. The van der Waals surface area contributed by atoms with Gasteiger partial charge in [0.25, 0.3) is 0 Å². The minimum atomic E-state index is 0. The van der Waals surface area contributed by atoms with E-state index in [0.29, 0.717) is 16.7 Å². The molecule has 118 valence electrons. The highest BCUT2D eigenvalue weighted by molar-refractivity contribution is 8.00. The summed E-state index contributed by atoms with van der Waals surface area (Å²) in [6.45, 7) is 4.23. The SMILES string of the molecule is Cc1ccc(SC2CCCOC2CC2NCCS2)cc1.Cl. The molecule has 3 rings (SSSR count). The lowest BCUT2D eigenvalue weighted by molar-refractivity contribution is 0.0153. The summed E-state index contributed by atoms with van der Waals surface area (Å²) in [6, 6.07) is 8.90. The lowest BCUT2D eigenvalue weighted by Gasteiger charge is -2.32. The van der Waals surface area contributed by atoms with Crippen molar-refractivity contribution in [2.45, 2.75) is 47.8 Å². The van der Waals surface area contributed by atoms with E-state index < -0.39 is 0 Å². The summed E-state index contributed by atoms with van der Waals surface area (Å²) in [5, 5.41) is 4.77.